The normalized spacial score (nSPS) is 26.7. The zero-order valence-corrected chi connectivity index (χ0v) is 18.2. The molecule has 0 radical (unpaired) electrons. The molecule has 166 valence electrons. The zero-order valence-electron chi connectivity index (χ0n) is 18.2. The van der Waals surface area contributed by atoms with Crippen LogP contribution in [-0.2, 0) is 11.8 Å². The van der Waals surface area contributed by atoms with Crippen LogP contribution in [0, 0.1) is 5.41 Å². The van der Waals surface area contributed by atoms with E-state index in [1.54, 1.807) is 18.7 Å². The second-order valence-electron chi connectivity index (χ2n) is 8.87. The first-order valence-corrected chi connectivity index (χ1v) is 10.8. The molecule has 0 amide bonds. The molecular weight excluding hydrogens is 396 g/mol. The lowest BCUT2D eigenvalue weighted by molar-refractivity contribution is 0.0973. The fourth-order valence-corrected chi connectivity index (χ4v) is 5.22. The minimum atomic E-state index is -0.328. The minimum absolute atomic E-state index is 0.0280. The van der Waals surface area contributed by atoms with Gasteiger partial charge in [0.2, 0.25) is 5.95 Å². The van der Waals surface area contributed by atoms with Gasteiger partial charge in [0.1, 0.15) is 5.75 Å². The number of hydrogen-bond acceptors (Lipinski definition) is 8. The zero-order chi connectivity index (χ0) is 21.8. The van der Waals surface area contributed by atoms with E-state index in [4.69, 9.17) is 20.2 Å². The second-order valence-corrected chi connectivity index (χ2v) is 8.87. The summed E-state index contributed by atoms with van der Waals surface area (Å²) in [6, 6.07) is 7.43. The van der Waals surface area contributed by atoms with Crippen molar-refractivity contribution >= 4 is 11.8 Å². The highest BCUT2D eigenvalue weighted by Crippen LogP contribution is 2.42. The van der Waals surface area contributed by atoms with Gasteiger partial charge in [-0.05, 0) is 25.8 Å². The number of rotatable bonds is 3. The average Bonchev–Trinajstić information content (AvgIpc) is 3.34. The van der Waals surface area contributed by atoms with Crippen molar-refractivity contribution in [1.29, 1.82) is 0 Å². The smallest absolute Gasteiger partial charge is 0.262 e. The monoisotopic (exact) mass is 426 g/mol. The van der Waals surface area contributed by atoms with Gasteiger partial charge in [-0.1, -0.05) is 18.2 Å². The van der Waals surface area contributed by atoms with Gasteiger partial charge in [0, 0.05) is 37.2 Å². The Kier molecular flexibility index (Phi) is 4.91. The molecule has 3 atom stereocenters. The summed E-state index contributed by atoms with van der Waals surface area (Å²) in [5.74, 6) is 1.98. The van der Waals surface area contributed by atoms with Crippen molar-refractivity contribution in [2.45, 2.75) is 38.0 Å². The molecule has 1 aromatic carbocycles. The van der Waals surface area contributed by atoms with Crippen LogP contribution in [-0.4, -0.2) is 48.5 Å². The van der Waals surface area contributed by atoms with Crippen molar-refractivity contribution in [3.8, 4) is 5.75 Å². The van der Waals surface area contributed by atoms with Gasteiger partial charge >= 0.3 is 0 Å². The van der Waals surface area contributed by atoms with E-state index in [-0.39, 0.29) is 29.2 Å². The Morgan fingerprint density at radius 3 is 2.71 bits per heavy atom. The number of nitrogens with zero attached hydrogens (tertiary/aromatic N) is 3. The maximum atomic E-state index is 13.4. The summed E-state index contributed by atoms with van der Waals surface area (Å²) in [6.45, 7) is 4.36. The maximum absolute atomic E-state index is 13.4. The summed E-state index contributed by atoms with van der Waals surface area (Å²) in [5, 5.41) is 0. The van der Waals surface area contributed by atoms with Gasteiger partial charge in [-0.2, -0.15) is 4.98 Å². The van der Waals surface area contributed by atoms with Gasteiger partial charge in [-0.25, -0.2) is 5.43 Å². The van der Waals surface area contributed by atoms with Crippen LogP contribution in [0.4, 0.5) is 11.8 Å². The molecule has 2 aromatic rings. The lowest BCUT2D eigenvalue weighted by Gasteiger charge is -2.41. The van der Waals surface area contributed by atoms with E-state index in [0.717, 1.165) is 37.2 Å². The summed E-state index contributed by atoms with van der Waals surface area (Å²) in [7, 11) is 3.42. The first-order chi connectivity index (χ1) is 14.9. The molecule has 4 N–H and O–H groups in total. The van der Waals surface area contributed by atoms with Crippen LogP contribution in [0.2, 0.25) is 0 Å². The van der Waals surface area contributed by atoms with Crippen LogP contribution in [0.25, 0.3) is 0 Å². The summed E-state index contributed by atoms with van der Waals surface area (Å²) in [6.07, 6.45) is 1.96. The molecule has 31 heavy (non-hydrogen) atoms. The van der Waals surface area contributed by atoms with E-state index < -0.39 is 0 Å². The van der Waals surface area contributed by atoms with Crippen LogP contribution in [0.15, 0.2) is 29.1 Å². The highest BCUT2D eigenvalue weighted by Gasteiger charge is 2.48. The number of para-hydroxylation sites is 1. The number of fused-ring (bicyclic) bond motifs is 1. The Labute approximate surface area is 181 Å². The number of hydrazine groups is 1. The van der Waals surface area contributed by atoms with E-state index in [9.17, 15) is 4.79 Å². The van der Waals surface area contributed by atoms with Crippen LogP contribution in [0.3, 0.4) is 0 Å². The van der Waals surface area contributed by atoms with Crippen LogP contribution >= 0.6 is 0 Å². The molecule has 9 heteroatoms. The molecule has 0 saturated carbocycles. The van der Waals surface area contributed by atoms with Gasteiger partial charge in [-0.3, -0.25) is 9.36 Å². The van der Waals surface area contributed by atoms with E-state index in [2.05, 4.69) is 15.8 Å². The molecule has 4 heterocycles. The molecule has 3 aliphatic heterocycles. The molecule has 0 aliphatic carbocycles. The Balaban J connectivity index is 1.44. The van der Waals surface area contributed by atoms with Crippen LogP contribution in [0.5, 0.6) is 5.75 Å². The quantitative estimate of drug-likeness (QED) is 0.671. The topological polar surface area (TPSA) is 107 Å². The molecule has 1 unspecified atom stereocenters. The van der Waals surface area contributed by atoms with Gasteiger partial charge in [-0.15, -0.1) is 0 Å². The van der Waals surface area contributed by atoms with Crippen molar-refractivity contribution in [1.82, 2.24) is 15.0 Å². The molecule has 2 saturated heterocycles. The van der Waals surface area contributed by atoms with Crippen molar-refractivity contribution < 1.29 is 9.47 Å². The minimum Gasteiger partial charge on any atom is -0.496 e. The number of hydrogen-bond donors (Lipinski definition) is 3. The molecule has 1 spiro atoms. The second kappa shape index (κ2) is 7.51. The lowest BCUT2D eigenvalue weighted by Crippen LogP contribution is -2.51. The summed E-state index contributed by atoms with van der Waals surface area (Å²) < 4.78 is 13.0. The SMILES string of the molecule is COc1ccccc1C1NNc2nc(N3CCC4(CC3)CO[C@@H](C)[C@H]4N)n(C)c(=O)c21. The Hall–Kier alpha value is -2.62. The number of methoxy groups -OCH3 is 1. The molecule has 0 bridgehead atoms. The Bertz CT molecular complexity index is 1050. The van der Waals surface area contributed by atoms with Gasteiger partial charge in [0.25, 0.3) is 5.56 Å². The average molecular weight is 427 g/mol. The standard InChI is InChI=1S/C22H30N6O3/c1-13-18(23)22(12-31-13)8-10-28(11-9-22)21-24-19-16(20(29)27(21)2)17(25-26-19)14-6-4-5-7-15(14)30-3/h4-7,13,17-18,25-26H,8-12,23H2,1-3H3/t13-,17?,18+/m0/s1. The maximum Gasteiger partial charge on any atom is 0.262 e. The first kappa shape index (κ1) is 20.3. The summed E-state index contributed by atoms with van der Waals surface area (Å²) in [4.78, 5) is 20.4. The fraction of sp³-hybridized carbons (Fsp3) is 0.545. The number of aromatic nitrogens is 2. The lowest BCUT2D eigenvalue weighted by atomic mass is 9.73. The third-order valence-electron chi connectivity index (χ3n) is 7.26. The number of benzene rings is 1. The highest BCUT2D eigenvalue weighted by atomic mass is 16.5. The Morgan fingerprint density at radius 2 is 2.03 bits per heavy atom. The fourth-order valence-electron chi connectivity index (χ4n) is 5.22. The van der Waals surface area contributed by atoms with Gasteiger partial charge in [0.05, 0.1) is 31.4 Å². The first-order valence-electron chi connectivity index (χ1n) is 10.8. The number of ether oxygens (including phenoxy) is 2. The van der Waals surface area contributed by atoms with Crippen molar-refractivity contribution in [3.05, 3.63) is 45.7 Å². The predicted molar refractivity (Wildman–Crippen MR) is 118 cm³/mol. The van der Waals surface area contributed by atoms with Crippen LogP contribution in [0.1, 0.15) is 36.9 Å². The van der Waals surface area contributed by atoms with Gasteiger partial charge in [0.15, 0.2) is 5.82 Å². The third-order valence-corrected chi connectivity index (χ3v) is 7.26. The molecule has 9 nitrogen and oxygen atoms in total. The number of anilines is 2. The van der Waals surface area contributed by atoms with E-state index in [0.29, 0.717) is 23.9 Å². The third kappa shape index (κ3) is 3.10. The Morgan fingerprint density at radius 1 is 1.29 bits per heavy atom. The molecule has 1 aromatic heterocycles. The molecular formula is C22H30N6O3. The van der Waals surface area contributed by atoms with E-state index >= 15 is 0 Å². The van der Waals surface area contributed by atoms with E-state index in [1.807, 2.05) is 31.2 Å². The van der Waals surface area contributed by atoms with Crippen LogP contribution < -0.4 is 31.8 Å². The molecule has 3 aliphatic rings. The largest absolute Gasteiger partial charge is 0.496 e. The number of nitrogens with two attached hydrogens (primary N) is 1. The number of piperidine rings is 1. The van der Waals surface area contributed by atoms with Crippen molar-refractivity contribution in [2.24, 2.45) is 18.2 Å². The molecule has 5 rings (SSSR count). The van der Waals surface area contributed by atoms with Gasteiger partial charge < -0.3 is 25.5 Å². The summed E-state index contributed by atoms with van der Waals surface area (Å²) in [5.41, 5.74) is 14.2. The van der Waals surface area contributed by atoms with E-state index in [1.165, 1.54) is 0 Å². The van der Waals surface area contributed by atoms with Crippen molar-refractivity contribution in [3.63, 3.8) is 0 Å². The summed E-state index contributed by atoms with van der Waals surface area (Å²) >= 11 is 0. The number of nitrogens with one attached hydrogen (secondary N) is 2. The predicted octanol–water partition coefficient (Wildman–Crippen LogP) is 1.14. The molecule has 2 fully saturated rings. The van der Waals surface area contributed by atoms with Crippen molar-refractivity contribution in [2.75, 3.05) is 37.1 Å². The highest BCUT2D eigenvalue weighted by molar-refractivity contribution is 5.57.